The van der Waals surface area contributed by atoms with E-state index in [1.807, 2.05) is 0 Å². The van der Waals surface area contributed by atoms with Crippen molar-refractivity contribution in [1.82, 2.24) is 9.13 Å². The molecule has 2 heteroatoms. The monoisotopic (exact) mass is 558 g/mol. The second kappa shape index (κ2) is 8.82. The minimum atomic E-state index is 1.17. The molecule has 0 unspecified atom stereocenters. The number of hydrogen-bond acceptors (Lipinski definition) is 0. The van der Waals surface area contributed by atoms with Gasteiger partial charge in [0.05, 0.1) is 27.8 Å². The van der Waals surface area contributed by atoms with E-state index in [-0.39, 0.29) is 0 Å². The Kier molecular flexibility index (Phi) is 4.75. The molecule has 0 fully saturated rings. The molecule has 10 rings (SSSR count). The molecule has 204 valence electrons. The molecule has 2 nitrogen and oxygen atoms in total. The molecule has 0 aliphatic heterocycles. The van der Waals surface area contributed by atoms with Crippen molar-refractivity contribution < 1.29 is 0 Å². The maximum Gasteiger partial charge on any atom is 0.0562 e. The molecule has 44 heavy (non-hydrogen) atoms. The van der Waals surface area contributed by atoms with Gasteiger partial charge in [0.1, 0.15) is 0 Å². The van der Waals surface area contributed by atoms with Crippen molar-refractivity contribution in [2.45, 2.75) is 0 Å². The van der Waals surface area contributed by atoms with Gasteiger partial charge in [0, 0.05) is 32.6 Å². The number of fused-ring (bicyclic) bond motifs is 11. The van der Waals surface area contributed by atoms with E-state index in [1.165, 1.54) is 87.3 Å². The van der Waals surface area contributed by atoms with Gasteiger partial charge < -0.3 is 9.13 Å². The van der Waals surface area contributed by atoms with Crippen LogP contribution in [0.25, 0.3) is 87.3 Å². The summed E-state index contributed by atoms with van der Waals surface area (Å²) < 4.78 is 4.93. The van der Waals surface area contributed by atoms with E-state index >= 15 is 0 Å². The molecule has 0 bridgehead atoms. The molecule has 0 N–H and O–H groups in total. The number of aromatic nitrogens is 2. The summed E-state index contributed by atoms with van der Waals surface area (Å²) in [5.74, 6) is 0. The Hall–Kier alpha value is -5.86. The van der Waals surface area contributed by atoms with E-state index in [1.54, 1.807) is 0 Å². The van der Waals surface area contributed by atoms with E-state index in [9.17, 15) is 0 Å². The minimum Gasteiger partial charge on any atom is -0.309 e. The highest BCUT2D eigenvalue weighted by atomic mass is 15.0. The third-order valence-corrected chi connectivity index (χ3v) is 9.45. The van der Waals surface area contributed by atoms with Crippen LogP contribution in [0.1, 0.15) is 0 Å². The number of rotatable bonds is 2. The van der Waals surface area contributed by atoms with Crippen LogP contribution >= 0.6 is 0 Å². The molecule has 0 amide bonds. The summed E-state index contributed by atoms with van der Waals surface area (Å²) in [7, 11) is 0. The largest absolute Gasteiger partial charge is 0.309 e. The number of para-hydroxylation sites is 2. The summed E-state index contributed by atoms with van der Waals surface area (Å²) in [6.07, 6.45) is 0. The van der Waals surface area contributed by atoms with E-state index in [0.717, 1.165) is 0 Å². The Morgan fingerprint density at radius 2 is 0.932 bits per heavy atom. The number of nitrogens with zero attached hydrogens (tertiary/aromatic N) is 2. The fraction of sp³-hybridized carbons (Fsp3) is 0. The number of hydrogen-bond donors (Lipinski definition) is 0. The van der Waals surface area contributed by atoms with Crippen molar-refractivity contribution in [3.63, 3.8) is 0 Å². The van der Waals surface area contributed by atoms with Crippen LogP contribution in [0.2, 0.25) is 0 Å². The lowest BCUT2D eigenvalue weighted by Gasteiger charge is -2.14. The van der Waals surface area contributed by atoms with Gasteiger partial charge in [0.15, 0.2) is 0 Å². The third-order valence-electron chi connectivity index (χ3n) is 9.45. The Bertz CT molecular complexity index is 2760. The van der Waals surface area contributed by atoms with Gasteiger partial charge in [-0.25, -0.2) is 0 Å². The Labute approximate surface area is 253 Å². The second-order valence-electron chi connectivity index (χ2n) is 11.8. The first kappa shape index (κ1) is 23.7. The fourth-order valence-corrected chi connectivity index (χ4v) is 7.58. The van der Waals surface area contributed by atoms with Crippen LogP contribution in [0.4, 0.5) is 0 Å². The zero-order valence-corrected chi connectivity index (χ0v) is 23.9. The van der Waals surface area contributed by atoms with Gasteiger partial charge in [-0.05, 0) is 69.4 Å². The SMILES string of the molecule is c1ccc(-n2c3cc4c(cc3c3c5ccccc5ccc32)c2ccccc2n4-c2cc3ccccc3c3ccccc23)cc1. The quantitative estimate of drug-likeness (QED) is 0.187. The summed E-state index contributed by atoms with van der Waals surface area (Å²) in [4.78, 5) is 0. The molecular formula is C42H26N2. The molecular weight excluding hydrogens is 532 g/mol. The lowest BCUT2D eigenvalue weighted by Crippen LogP contribution is -1.97. The number of benzene rings is 8. The highest BCUT2D eigenvalue weighted by molar-refractivity contribution is 6.25. The third kappa shape index (κ3) is 3.14. The maximum absolute atomic E-state index is 2.49. The maximum atomic E-state index is 2.49. The molecule has 10 aromatic rings. The Morgan fingerprint density at radius 1 is 0.295 bits per heavy atom. The van der Waals surface area contributed by atoms with Crippen LogP contribution < -0.4 is 0 Å². The fourth-order valence-electron chi connectivity index (χ4n) is 7.58. The van der Waals surface area contributed by atoms with Gasteiger partial charge in [-0.1, -0.05) is 115 Å². The topological polar surface area (TPSA) is 9.86 Å². The lowest BCUT2D eigenvalue weighted by atomic mass is 10.00. The standard InChI is InChI=1S/C42H26N2/c1-2-14-29(15-3-1)43-38-23-22-27-12-4-7-17-31(27)42(38)36-25-35-34-20-10-11-21-37(34)44(40(35)26-41(36)43)39-24-28-13-5-6-16-30(28)32-18-8-9-19-33(32)39/h1-26H. The molecule has 0 atom stereocenters. The van der Waals surface area contributed by atoms with E-state index in [0.29, 0.717) is 0 Å². The second-order valence-corrected chi connectivity index (χ2v) is 11.8. The Balaban J connectivity index is 1.44. The smallest absolute Gasteiger partial charge is 0.0562 e. The highest BCUT2D eigenvalue weighted by Gasteiger charge is 2.20. The van der Waals surface area contributed by atoms with Crippen LogP contribution in [-0.4, -0.2) is 9.13 Å². The summed E-state index contributed by atoms with van der Waals surface area (Å²) in [6, 6.07) is 57.8. The van der Waals surface area contributed by atoms with Gasteiger partial charge in [-0.15, -0.1) is 0 Å². The Morgan fingerprint density at radius 3 is 1.77 bits per heavy atom. The first-order valence-corrected chi connectivity index (χ1v) is 15.2. The average molecular weight is 559 g/mol. The summed E-state index contributed by atoms with van der Waals surface area (Å²) in [5, 5.41) is 12.7. The highest BCUT2D eigenvalue weighted by Crippen LogP contribution is 2.43. The predicted molar refractivity (Wildman–Crippen MR) is 188 cm³/mol. The summed E-state index contributed by atoms with van der Waals surface area (Å²) in [6.45, 7) is 0. The van der Waals surface area contributed by atoms with Crippen molar-refractivity contribution in [3.05, 3.63) is 158 Å². The zero-order chi connectivity index (χ0) is 28.8. The van der Waals surface area contributed by atoms with E-state index in [2.05, 4.69) is 167 Å². The van der Waals surface area contributed by atoms with Crippen molar-refractivity contribution in [2.75, 3.05) is 0 Å². The average Bonchev–Trinajstić information content (AvgIpc) is 3.59. The van der Waals surface area contributed by atoms with Crippen molar-refractivity contribution in [3.8, 4) is 11.4 Å². The minimum absolute atomic E-state index is 1.17. The molecule has 2 heterocycles. The summed E-state index contributed by atoms with van der Waals surface area (Å²) in [5.41, 5.74) is 7.24. The molecule has 0 saturated heterocycles. The van der Waals surface area contributed by atoms with Crippen molar-refractivity contribution in [1.29, 1.82) is 0 Å². The molecule has 0 radical (unpaired) electrons. The summed E-state index contributed by atoms with van der Waals surface area (Å²) >= 11 is 0. The molecule has 0 spiro atoms. The lowest BCUT2D eigenvalue weighted by molar-refractivity contribution is 1.17. The van der Waals surface area contributed by atoms with Crippen LogP contribution in [-0.2, 0) is 0 Å². The molecule has 2 aromatic heterocycles. The van der Waals surface area contributed by atoms with Crippen LogP contribution in [0, 0.1) is 0 Å². The first-order valence-electron chi connectivity index (χ1n) is 15.2. The van der Waals surface area contributed by atoms with Gasteiger partial charge >= 0.3 is 0 Å². The molecule has 0 aliphatic carbocycles. The van der Waals surface area contributed by atoms with Crippen LogP contribution in [0.15, 0.2) is 158 Å². The van der Waals surface area contributed by atoms with Crippen LogP contribution in [0.5, 0.6) is 0 Å². The normalized spacial score (nSPS) is 12.1. The molecule has 8 aromatic carbocycles. The van der Waals surface area contributed by atoms with Gasteiger partial charge in [0.2, 0.25) is 0 Å². The predicted octanol–water partition coefficient (Wildman–Crippen LogP) is 11.3. The van der Waals surface area contributed by atoms with Gasteiger partial charge in [-0.3, -0.25) is 0 Å². The zero-order valence-electron chi connectivity index (χ0n) is 23.9. The van der Waals surface area contributed by atoms with Gasteiger partial charge in [0.25, 0.3) is 0 Å². The molecule has 0 saturated carbocycles. The van der Waals surface area contributed by atoms with E-state index in [4.69, 9.17) is 0 Å². The van der Waals surface area contributed by atoms with Gasteiger partial charge in [-0.2, -0.15) is 0 Å². The van der Waals surface area contributed by atoms with Crippen molar-refractivity contribution >= 4 is 75.9 Å². The van der Waals surface area contributed by atoms with E-state index < -0.39 is 0 Å². The van der Waals surface area contributed by atoms with Crippen molar-refractivity contribution in [2.24, 2.45) is 0 Å². The first-order chi connectivity index (χ1) is 21.8. The van der Waals surface area contributed by atoms with Crippen LogP contribution in [0.3, 0.4) is 0 Å². The molecule has 0 aliphatic rings.